The van der Waals surface area contributed by atoms with Gasteiger partial charge in [0.2, 0.25) is 5.75 Å². The van der Waals surface area contributed by atoms with Gasteiger partial charge in [-0.2, -0.15) is 0 Å². The summed E-state index contributed by atoms with van der Waals surface area (Å²) in [7, 11) is 0.178. The van der Waals surface area contributed by atoms with Crippen LogP contribution >= 0.6 is 0 Å². The predicted molar refractivity (Wildman–Crippen MR) is 40.7 cm³/mol. The Morgan fingerprint density at radius 1 is 1.56 bits per heavy atom. The number of ether oxygens (including phenoxy) is 1. The molecule has 0 aliphatic rings. The molecule has 0 spiro atoms. The molecule has 0 aromatic carbocycles. The minimum absolute atomic E-state index is 0.0779. The van der Waals surface area contributed by atoms with E-state index < -0.39 is 0 Å². The molecule has 0 aliphatic carbocycles. The summed E-state index contributed by atoms with van der Waals surface area (Å²) in [4.78, 5) is 10.6. The van der Waals surface area contributed by atoms with Gasteiger partial charge < -0.3 is 4.74 Å². The maximum atomic E-state index is 10.6. The highest BCUT2D eigenvalue weighted by Crippen LogP contribution is 1.86. The fourth-order valence-electron chi connectivity index (χ4n) is 0.438. The second-order valence-corrected chi connectivity index (χ2v) is 4.19. The molecule has 0 saturated carbocycles. The summed E-state index contributed by atoms with van der Waals surface area (Å²) in [6.45, 7) is 2.32. The number of carbonyl (C=O) groups is 1. The molecule has 54 valence electrons. The summed E-state index contributed by atoms with van der Waals surface area (Å²) in [5, 5.41) is 0. The van der Waals surface area contributed by atoms with E-state index in [0.29, 0.717) is 12.4 Å². The molecule has 0 aromatic rings. The van der Waals surface area contributed by atoms with E-state index in [4.69, 9.17) is 4.74 Å². The zero-order chi connectivity index (χ0) is 7.28. The average molecular weight is 149 g/mol. The molecule has 0 unspecified atom stereocenters. The van der Waals surface area contributed by atoms with Crippen molar-refractivity contribution in [1.29, 1.82) is 0 Å². The van der Waals surface area contributed by atoms with Gasteiger partial charge in [0.1, 0.15) is 0 Å². The number of esters is 1. The normalized spacial score (nSPS) is 9.78. The highest BCUT2D eigenvalue weighted by molar-refractivity contribution is 7.96. The largest absolute Gasteiger partial charge is 0.463 e. The first-order valence-corrected chi connectivity index (χ1v) is 5.07. The van der Waals surface area contributed by atoms with Crippen LogP contribution in [0, 0.1) is 0 Å². The maximum absolute atomic E-state index is 10.6. The summed E-state index contributed by atoms with van der Waals surface area (Å²) >= 11 is 0. The van der Waals surface area contributed by atoms with E-state index >= 15 is 0 Å². The zero-order valence-corrected chi connectivity index (χ0v) is 6.96. The first-order valence-electron chi connectivity index (χ1n) is 2.86. The summed E-state index contributed by atoms with van der Waals surface area (Å²) in [5.41, 5.74) is 0. The fraction of sp³-hybridized carbons (Fsp3) is 0.833. The van der Waals surface area contributed by atoms with Crippen molar-refractivity contribution in [2.24, 2.45) is 0 Å². The molecule has 0 radical (unpaired) electrons. The Hall–Kier alpha value is -0.180. The summed E-state index contributed by atoms with van der Waals surface area (Å²) in [5.74, 6) is 0.485. The Kier molecular flexibility index (Phi) is 4.58. The third-order valence-corrected chi connectivity index (χ3v) is 1.52. The van der Waals surface area contributed by atoms with Crippen LogP contribution in [0.5, 0.6) is 0 Å². The van der Waals surface area contributed by atoms with Gasteiger partial charge in [0.25, 0.3) is 0 Å². The van der Waals surface area contributed by atoms with Crippen molar-refractivity contribution in [3.63, 3.8) is 0 Å². The highest BCUT2D eigenvalue weighted by Gasteiger charge is 2.10. The molecular formula is C6H13O2S+. The second kappa shape index (κ2) is 4.68. The Bertz CT molecular complexity index is 91.1. The third kappa shape index (κ3) is 5.69. The Labute approximate surface area is 58.9 Å². The molecule has 0 saturated heterocycles. The molecule has 0 heterocycles. The van der Waals surface area contributed by atoms with Gasteiger partial charge in [-0.15, -0.1) is 0 Å². The van der Waals surface area contributed by atoms with Gasteiger partial charge in [0.15, 0.2) is 0 Å². The lowest BCUT2D eigenvalue weighted by Crippen LogP contribution is -2.16. The lowest BCUT2D eigenvalue weighted by atomic mass is 10.8. The monoisotopic (exact) mass is 149 g/mol. The number of hydrogen-bond acceptors (Lipinski definition) is 2. The molecular weight excluding hydrogens is 136 g/mol. The summed E-state index contributed by atoms with van der Waals surface area (Å²) < 4.78 is 4.72. The minimum Gasteiger partial charge on any atom is -0.463 e. The average Bonchev–Trinajstić information content (AvgIpc) is 1.63. The number of hydrogen-bond donors (Lipinski definition) is 0. The van der Waals surface area contributed by atoms with Crippen molar-refractivity contribution >= 4 is 16.9 Å². The molecule has 2 nitrogen and oxygen atoms in total. The standard InChI is InChI=1S/C6H13O2S/c1-4-8-6(7)5-9(2)3/h4-5H2,1-3H3/q+1. The molecule has 3 heteroatoms. The molecule has 0 aromatic heterocycles. The van der Waals surface area contributed by atoms with Crippen molar-refractivity contribution in [2.45, 2.75) is 6.92 Å². The highest BCUT2D eigenvalue weighted by atomic mass is 32.2. The van der Waals surface area contributed by atoms with Gasteiger partial charge in [-0.25, -0.2) is 4.79 Å². The first kappa shape index (κ1) is 8.82. The third-order valence-electron chi connectivity index (χ3n) is 0.712. The van der Waals surface area contributed by atoms with E-state index in [-0.39, 0.29) is 16.9 Å². The van der Waals surface area contributed by atoms with Crippen molar-refractivity contribution in [3.8, 4) is 0 Å². The zero-order valence-electron chi connectivity index (χ0n) is 6.14. The van der Waals surface area contributed by atoms with Gasteiger partial charge in [0.05, 0.1) is 19.1 Å². The molecule has 9 heavy (non-hydrogen) atoms. The van der Waals surface area contributed by atoms with E-state index in [9.17, 15) is 4.79 Å². The van der Waals surface area contributed by atoms with Crippen LogP contribution in [-0.4, -0.2) is 30.8 Å². The van der Waals surface area contributed by atoms with Crippen LogP contribution in [0.4, 0.5) is 0 Å². The van der Waals surface area contributed by atoms with E-state index in [1.807, 2.05) is 19.4 Å². The van der Waals surface area contributed by atoms with Crippen molar-refractivity contribution in [2.75, 3.05) is 24.9 Å². The van der Waals surface area contributed by atoms with E-state index in [1.54, 1.807) is 0 Å². The van der Waals surface area contributed by atoms with E-state index in [2.05, 4.69) is 0 Å². The van der Waals surface area contributed by atoms with Crippen LogP contribution in [0.3, 0.4) is 0 Å². The van der Waals surface area contributed by atoms with Gasteiger partial charge in [-0.1, -0.05) is 0 Å². The van der Waals surface area contributed by atoms with Crippen LogP contribution in [0.2, 0.25) is 0 Å². The molecule has 0 bridgehead atoms. The van der Waals surface area contributed by atoms with Crippen LogP contribution in [0.15, 0.2) is 0 Å². The van der Waals surface area contributed by atoms with Crippen molar-refractivity contribution < 1.29 is 9.53 Å². The van der Waals surface area contributed by atoms with Gasteiger partial charge >= 0.3 is 5.97 Å². The number of carbonyl (C=O) groups excluding carboxylic acids is 1. The predicted octanol–water partition coefficient (Wildman–Crippen LogP) is 0.427. The van der Waals surface area contributed by atoms with Crippen LogP contribution < -0.4 is 0 Å². The summed E-state index contributed by atoms with van der Waals surface area (Å²) in [6.07, 6.45) is 4.05. The lowest BCUT2D eigenvalue weighted by Gasteiger charge is -1.97. The fourth-order valence-corrected chi connectivity index (χ4v) is 0.993. The van der Waals surface area contributed by atoms with Gasteiger partial charge in [-0.3, -0.25) is 0 Å². The molecule has 0 atom stereocenters. The lowest BCUT2D eigenvalue weighted by molar-refractivity contribution is -0.139. The Balaban J connectivity index is 3.27. The SMILES string of the molecule is CCOC(=O)C[S+](C)C. The molecule has 0 fully saturated rings. The minimum atomic E-state index is -0.0779. The van der Waals surface area contributed by atoms with Crippen LogP contribution in [0.25, 0.3) is 0 Å². The van der Waals surface area contributed by atoms with Crippen LogP contribution in [-0.2, 0) is 20.4 Å². The molecule has 0 amide bonds. The molecule has 0 rings (SSSR count). The smallest absolute Gasteiger partial charge is 0.356 e. The Morgan fingerprint density at radius 3 is 2.44 bits per heavy atom. The summed E-state index contributed by atoms with van der Waals surface area (Å²) in [6, 6.07) is 0. The van der Waals surface area contributed by atoms with Crippen molar-refractivity contribution in [1.82, 2.24) is 0 Å². The van der Waals surface area contributed by atoms with Crippen molar-refractivity contribution in [3.05, 3.63) is 0 Å². The topological polar surface area (TPSA) is 26.3 Å². The van der Waals surface area contributed by atoms with Gasteiger partial charge in [0, 0.05) is 0 Å². The van der Waals surface area contributed by atoms with E-state index in [1.165, 1.54) is 0 Å². The quantitative estimate of drug-likeness (QED) is 0.429. The molecule has 0 aliphatic heterocycles. The van der Waals surface area contributed by atoms with Crippen LogP contribution in [0.1, 0.15) is 6.92 Å². The number of rotatable bonds is 3. The second-order valence-electron chi connectivity index (χ2n) is 1.93. The Morgan fingerprint density at radius 2 is 2.11 bits per heavy atom. The maximum Gasteiger partial charge on any atom is 0.356 e. The van der Waals surface area contributed by atoms with Gasteiger partial charge in [-0.05, 0) is 17.8 Å². The first-order chi connectivity index (χ1) is 4.16. The van der Waals surface area contributed by atoms with E-state index in [0.717, 1.165) is 0 Å². The molecule has 0 N–H and O–H groups in total.